The Morgan fingerprint density at radius 1 is 1.20 bits per heavy atom. The van der Waals surface area contributed by atoms with Gasteiger partial charge in [0.15, 0.2) is 11.6 Å². The van der Waals surface area contributed by atoms with Gasteiger partial charge in [-0.2, -0.15) is 5.26 Å². The number of nitrogens with zero attached hydrogens (tertiary/aromatic N) is 1. The van der Waals surface area contributed by atoms with Crippen molar-refractivity contribution in [1.29, 1.82) is 5.26 Å². The Morgan fingerprint density at radius 3 is 2.35 bits per heavy atom. The molecule has 0 saturated heterocycles. The molecule has 0 saturated carbocycles. The van der Waals surface area contributed by atoms with Crippen LogP contribution in [0.5, 0.6) is 0 Å². The predicted octanol–water partition coefficient (Wildman–Crippen LogP) is 5.30. The summed E-state index contributed by atoms with van der Waals surface area (Å²) in [7, 11) is 0. The lowest BCUT2D eigenvalue weighted by molar-refractivity contribution is 0.590. The van der Waals surface area contributed by atoms with Crippen LogP contribution < -0.4 is 5.32 Å². The van der Waals surface area contributed by atoms with Crippen molar-refractivity contribution in [2.75, 3.05) is 5.32 Å². The Balaban J connectivity index is 2.46. The second-order valence-electron chi connectivity index (χ2n) is 4.13. The van der Waals surface area contributed by atoms with Gasteiger partial charge < -0.3 is 5.32 Å². The van der Waals surface area contributed by atoms with E-state index in [-0.39, 0.29) is 11.3 Å². The molecule has 0 aliphatic carbocycles. The average molecular weight is 358 g/mol. The van der Waals surface area contributed by atoms with Crippen molar-refractivity contribution in [3.63, 3.8) is 0 Å². The van der Waals surface area contributed by atoms with Crippen LogP contribution in [0, 0.1) is 29.9 Å². The summed E-state index contributed by atoms with van der Waals surface area (Å²) in [5, 5.41) is 11.8. The Bertz CT molecular complexity index is 703. The quantitative estimate of drug-likeness (QED) is 0.791. The van der Waals surface area contributed by atoms with E-state index in [1.807, 2.05) is 6.92 Å². The number of nitriles is 1. The second-order valence-corrected chi connectivity index (χ2v) is 5.39. The van der Waals surface area contributed by atoms with E-state index in [1.165, 1.54) is 0 Å². The van der Waals surface area contributed by atoms with Crippen LogP contribution in [0.2, 0.25) is 5.02 Å². The molecule has 0 unspecified atom stereocenters. The van der Waals surface area contributed by atoms with Crippen molar-refractivity contribution in [3.8, 4) is 6.07 Å². The number of rotatable bonds is 2. The fourth-order valence-corrected chi connectivity index (χ4v) is 2.35. The van der Waals surface area contributed by atoms with E-state index in [9.17, 15) is 8.78 Å². The standard InChI is InChI=1S/C14H8BrClF2N2/c1-7-2-9(15)13(5-10(7)16)20-14-11(17)3-8(6-19)4-12(14)18/h2-5,20H,1H3. The number of aryl methyl sites for hydroxylation is 1. The minimum atomic E-state index is -0.842. The molecule has 0 radical (unpaired) electrons. The minimum absolute atomic E-state index is 0.0773. The third-order valence-corrected chi connectivity index (χ3v) is 3.74. The molecule has 2 nitrogen and oxygen atoms in total. The summed E-state index contributed by atoms with van der Waals surface area (Å²) in [5.41, 5.74) is 0.865. The first kappa shape index (κ1) is 14.8. The van der Waals surface area contributed by atoms with Crippen molar-refractivity contribution in [1.82, 2.24) is 0 Å². The lowest BCUT2D eigenvalue weighted by Gasteiger charge is -2.12. The zero-order chi connectivity index (χ0) is 14.9. The zero-order valence-corrected chi connectivity index (χ0v) is 12.6. The molecular formula is C14H8BrClF2N2. The van der Waals surface area contributed by atoms with E-state index in [1.54, 1.807) is 18.2 Å². The highest BCUT2D eigenvalue weighted by atomic mass is 79.9. The van der Waals surface area contributed by atoms with E-state index >= 15 is 0 Å². The predicted molar refractivity (Wildman–Crippen MR) is 78.2 cm³/mol. The molecular weight excluding hydrogens is 350 g/mol. The SMILES string of the molecule is Cc1cc(Br)c(Nc2c(F)cc(C#N)cc2F)cc1Cl. The summed E-state index contributed by atoms with van der Waals surface area (Å²) in [6.45, 7) is 1.82. The van der Waals surface area contributed by atoms with Gasteiger partial charge in [0.1, 0.15) is 5.69 Å². The Hall–Kier alpha value is -1.64. The lowest BCUT2D eigenvalue weighted by Crippen LogP contribution is -1.99. The van der Waals surface area contributed by atoms with Gasteiger partial charge in [0.25, 0.3) is 0 Å². The number of hydrogen-bond donors (Lipinski definition) is 1. The second kappa shape index (κ2) is 5.78. The number of halogens is 4. The fraction of sp³-hybridized carbons (Fsp3) is 0.0714. The molecule has 0 spiro atoms. The van der Waals surface area contributed by atoms with Crippen molar-refractivity contribution < 1.29 is 8.78 Å². The number of benzene rings is 2. The van der Waals surface area contributed by atoms with Gasteiger partial charge in [0, 0.05) is 9.50 Å². The third-order valence-electron chi connectivity index (χ3n) is 2.68. The molecule has 1 N–H and O–H groups in total. The van der Waals surface area contributed by atoms with E-state index in [0.717, 1.165) is 17.7 Å². The minimum Gasteiger partial charge on any atom is -0.350 e. The van der Waals surface area contributed by atoms with Gasteiger partial charge in [0.05, 0.1) is 17.3 Å². The molecule has 0 aliphatic rings. The molecule has 0 aliphatic heterocycles. The molecule has 0 atom stereocenters. The van der Waals surface area contributed by atoms with Crippen LogP contribution in [0.25, 0.3) is 0 Å². The van der Waals surface area contributed by atoms with Crippen LogP contribution in [-0.2, 0) is 0 Å². The maximum atomic E-state index is 13.8. The van der Waals surface area contributed by atoms with Crippen LogP contribution in [-0.4, -0.2) is 0 Å². The van der Waals surface area contributed by atoms with Gasteiger partial charge in [-0.25, -0.2) is 8.78 Å². The Morgan fingerprint density at radius 2 is 1.80 bits per heavy atom. The van der Waals surface area contributed by atoms with Crippen LogP contribution in [0.4, 0.5) is 20.2 Å². The Labute approximate surface area is 128 Å². The van der Waals surface area contributed by atoms with Crippen molar-refractivity contribution in [3.05, 3.63) is 56.5 Å². The molecule has 20 heavy (non-hydrogen) atoms. The van der Waals surface area contributed by atoms with Gasteiger partial charge in [-0.3, -0.25) is 0 Å². The number of anilines is 2. The molecule has 0 fully saturated rings. The first-order valence-electron chi connectivity index (χ1n) is 5.54. The van der Waals surface area contributed by atoms with Crippen LogP contribution in [0.1, 0.15) is 11.1 Å². The van der Waals surface area contributed by atoms with Gasteiger partial charge >= 0.3 is 0 Å². The molecule has 0 heterocycles. The summed E-state index contributed by atoms with van der Waals surface area (Å²) in [6, 6.07) is 6.93. The highest BCUT2D eigenvalue weighted by molar-refractivity contribution is 9.10. The summed E-state index contributed by atoms with van der Waals surface area (Å²) in [6.07, 6.45) is 0. The normalized spacial score (nSPS) is 10.2. The molecule has 0 amide bonds. The monoisotopic (exact) mass is 356 g/mol. The third kappa shape index (κ3) is 2.92. The molecule has 2 aromatic rings. The Kier molecular flexibility index (Phi) is 4.26. The first-order chi connectivity index (χ1) is 9.42. The van der Waals surface area contributed by atoms with E-state index in [4.69, 9.17) is 16.9 Å². The maximum absolute atomic E-state index is 13.8. The average Bonchev–Trinajstić information content (AvgIpc) is 2.39. The molecule has 2 aromatic carbocycles. The molecule has 0 bridgehead atoms. The van der Waals surface area contributed by atoms with Crippen LogP contribution >= 0.6 is 27.5 Å². The fourth-order valence-electron chi connectivity index (χ4n) is 1.63. The summed E-state index contributed by atoms with van der Waals surface area (Å²) in [5.74, 6) is -1.68. The van der Waals surface area contributed by atoms with Gasteiger partial charge in [-0.05, 0) is 52.7 Å². The van der Waals surface area contributed by atoms with Crippen molar-refractivity contribution >= 4 is 38.9 Å². The summed E-state index contributed by atoms with van der Waals surface area (Å²) >= 11 is 9.29. The van der Waals surface area contributed by atoms with E-state index in [0.29, 0.717) is 15.2 Å². The molecule has 0 aromatic heterocycles. The highest BCUT2D eigenvalue weighted by Crippen LogP contribution is 2.33. The summed E-state index contributed by atoms with van der Waals surface area (Å²) < 4.78 is 28.2. The smallest absolute Gasteiger partial charge is 0.150 e. The van der Waals surface area contributed by atoms with Gasteiger partial charge in [0.2, 0.25) is 0 Å². The summed E-state index contributed by atoms with van der Waals surface area (Å²) in [4.78, 5) is 0. The first-order valence-corrected chi connectivity index (χ1v) is 6.71. The topological polar surface area (TPSA) is 35.8 Å². The van der Waals surface area contributed by atoms with Gasteiger partial charge in [-0.15, -0.1) is 0 Å². The van der Waals surface area contributed by atoms with E-state index < -0.39 is 11.6 Å². The van der Waals surface area contributed by atoms with Gasteiger partial charge in [-0.1, -0.05) is 11.6 Å². The molecule has 6 heteroatoms. The number of nitrogens with one attached hydrogen (secondary N) is 1. The van der Waals surface area contributed by atoms with Crippen molar-refractivity contribution in [2.24, 2.45) is 0 Å². The molecule has 2 rings (SSSR count). The van der Waals surface area contributed by atoms with Crippen LogP contribution in [0.3, 0.4) is 0 Å². The number of hydrogen-bond acceptors (Lipinski definition) is 2. The molecule has 102 valence electrons. The van der Waals surface area contributed by atoms with E-state index in [2.05, 4.69) is 21.2 Å². The largest absolute Gasteiger partial charge is 0.350 e. The zero-order valence-electron chi connectivity index (χ0n) is 10.3. The maximum Gasteiger partial charge on any atom is 0.150 e. The van der Waals surface area contributed by atoms with Crippen LogP contribution in [0.15, 0.2) is 28.7 Å². The lowest BCUT2D eigenvalue weighted by atomic mass is 10.2. The highest BCUT2D eigenvalue weighted by Gasteiger charge is 2.13. The van der Waals surface area contributed by atoms with Crippen molar-refractivity contribution in [2.45, 2.75) is 6.92 Å².